The van der Waals surface area contributed by atoms with Crippen LogP contribution in [0.5, 0.6) is 0 Å². The van der Waals surface area contributed by atoms with Gasteiger partial charge in [0.25, 0.3) is 0 Å². The maximum absolute atomic E-state index is 12.0. The Morgan fingerprint density at radius 3 is 2.38 bits per heavy atom. The van der Waals surface area contributed by atoms with Gasteiger partial charge in [0.05, 0.1) is 11.4 Å². The van der Waals surface area contributed by atoms with Gasteiger partial charge in [0, 0.05) is 26.6 Å². The maximum atomic E-state index is 12.0. The minimum absolute atomic E-state index is 0.311. The van der Waals surface area contributed by atoms with Crippen LogP contribution in [0.2, 0.25) is 0 Å². The van der Waals surface area contributed by atoms with Crippen LogP contribution in [0.4, 0.5) is 0 Å². The van der Waals surface area contributed by atoms with E-state index in [4.69, 9.17) is 4.42 Å². The summed E-state index contributed by atoms with van der Waals surface area (Å²) in [6, 6.07) is 11.1. The molecular formula is C18H24N2O3S. The molecule has 0 spiro atoms. The van der Waals surface area contributed by atoms with E-state index in [0.717, 1.165) is 23.0 Å². The molecule has 2 unspecified atom stereocenters. The molecule has 6 heteroatoms. The second kappa shape index (κ2) is 6.70. The van der Waals surface area contributed by atoms with Gasteiger partial charge in [-0.2, -0.15) is 0 Å². The van der Waals surface area contributed by atoms with Crippen LogP contribution in [0.15, 0.2) is 45.7 Å². The predicted molar refractivity (Wildman–Crippen MR) is 93.1 cm³/mol. The molecule has 0 bridgehead atoms. The highest BCUT2D eigenvalue weighted by molar-refractivity contribution is 7.89. The van der Waals surface area contributed by atoms with Crippen molar-refractivity contribution in [2.24, 2.45) is 5.92 Å². The topological polar surface area (TPSA) is 62.6 Å². The summed E-state index contributed by atoms with van der Waals surface area (Å²) in [4.78, 5) is 0.311. The molecule has 1 saturated carbocycles. The average molecular weight is 348 g/mol. The Morgan fingerprint density at radius 1 is 1.12 bits per heavy atom. The summed E-state index contributed by atoms with van der Waals surface area (Å²) in [6.45, 7) is 3.57. The van der Waals surface area contributed by atoms with E-state index in [1.54, 1.807) is 12.1 Å². The van der Waals surface area contributed by atoms with Gasteiger partial charge in [-0.25, -0.2) is 12.7 Å². The van der Waals surface area contributed by atoms with Crippen LogP contribution in [0.1, 0.15) is 36.3 Å². The number of hydrogen-bond donors (Lipinski definition) is 1. The number of rotatable bonds is 7. The van der Waals surface area contributed by atoms with Crippen LogP contribution in [0.25, 0.3) is 0 Å². The fourth-order valence-electron chi connectivity index (χ4n) is 2.73. The number of furan rings is 1. The van der Waals surface area contributed by atoms with Gasteiger partial charge in [-0.15, -0.1) is 0 Å². The first-order valence-corrected chi connectivity index (χ1v) is 9.62. The van der Waals surface area contributed by atoms with Crippen molar-refractivity contribution in [3.63, 3.8) is 0 Å². The van der Waals surface area contributed by atoms with E-state index >= 15 is 0 Å². The Morgan fingerprint density at radius 2 is 1.79 bits per heavy atom. The molecule has 1 aromatic heterocycles. The van der Waals surface area contributed by atoms with Gasteiger partial charge >= 0.3 is 0 Å². The van der Waals surface area contributed by atoms with Gasteiger partial charge in [-0.3, -0.25) is 0 Å². The molecule has 1 N–H and O–H groups in total. The quantitative estimate of drug-likeness (QED) is 0.836. The molecule has 0 radical (unpaired) electrons. The monoisotopic (exact) mass is 348 g/mol. The van der Waals surface area contributed by atoms with Crippen molar-refractivity contribution in [1.29, 1.82) is 0 Å². The van der Waals surface area contributed by atoms with E-state index in [1.165, 1.54) is 24.8 Å². The largest absolute Gasteiger partial charge is 0.464 e. The highest BCUT2D eigenvalue weighted by Crippen LogP contribution is 2.47. The first kappa shape index (κ1) is 17.2. The third-order valence-corrected chi connectivity index (χ3v) is 6.32. The molecule has 5 nitrogen and oxygen atoms in total. The van der Waals surface area contributed by atoms with Gasteiger partial charge in [0.1, 0.15) is 11.5 Å². The van der Waals surface area contributed by atoms with Crippen LogP contribution in [0, 0.1) is 5.92 Å². The number of benzene rings is 1. The smallest absolute Gasteiger partial charge is 0.242 e. The lowest BCUT2D eigenvalue weighted by Gasteiger charge is -2.11. The van der Waals surface area contributed by atoms with Gasteiger partial charge < -0.3 is 9.73 Å². The molecule has 130 valence electrons. The maximum Gasteiger partial charge on any atom is 0.242 e. The van der Waals surface area contributed by atoms with Crippen molar-refractivity contribution in [3.05, 3.63) is 53.5 Å². The van der Waals surface area contributed by atoms with Crippen LogP contribution < -0.4 is 5.32 Å². The molecule has 1 heterocycles. The molecule has 3 rings (SSSR count). The van der Waals surface area contributed by atoms with Crippen molar-refractivity contribution < 1.29 is 12.8 Å². The fraction of sp³-hybridized carbons (Fsp3) is 0.444. The molecule has 1 aromatic carbocycles. The Bertz CT molecular complexity index is 794. The van der Waals surface area contributed by atoms with E-state index in [1.807, 2.05) is 18.2 Å². The first-order valence-electron chi connectivity index (χ1n) is 8.18. The van der Waals surface area contributed by atoms with Gasteiger partial charge in [0.15, 0.2) is 0 Å². The summed E-state index contributed by atoms with van der Waals surface area (Å²) in [5, 5.41) is 3.33. The Kier molecular flexibility index (Phi) is 4.80. The van der Waals surface area contributed by atoms with E-state index < -0.39 is 10.0 Å². The highest BCUT2D eigenvalue weighted by atomic mass is 32.2. The van der Waals surface area contributed by atoms with E-state index in [-0.39, 0.29) is 0 Å². The summed E-state index contributed by atoms with van der Waals surface area (Å²) in [7, 11) is -0.298. The van der Waals surface area contributed by atoms with E-state index in [9.17, 15) is 8.42 Å². The van der Waals surface area contributed by atoms with Crippen LogP contribution in [-0.4, -0.2) is 26.8 Å². The third kappa shape index (κ3) is 3.71. The predicted octanol–water partition coefficient (Wildman–Crippen LogP) is 2.94. The SMILES string of the molecule is CC1CC1c1ccc(CNCc2ccc(S(=O)(=O)N(C)C)cc2)o1. The molecule has 0 saturated heterocycles. The van der Waals surface area contributed by atoms with Gasteiger partial charge in [-0.05, 0) is 42.2 Å². The lowest BCUT2D eigenvalue weighted by atomic mass is 10.2. The van der Waals surface area contributed by atoms with Crippen molar-refractivity contribution in [3.8, 4) is 0 Å². The summed E-state index contributed by atoms with van der Waals surface area (Å²) < 4.78 is 31.1. The standard InChI is InChI=1S/C18H24N2O3S/c1-13-10-17(13)18-9-6-15(23-18)12-19-11-14-4-7-16(8-5-14)24(21,22)20(2)3/h4-9,13,17,19H,10-12H2,1-3H3. The zero-order valence-corrected chi connectivity index (χ0v) is 15.1. The number of nitrogens with one attached hydrogen (secondary N) is 1. The number of hydrogen-bond acceptors (Lipinski definition) is 4. The van der Waals surface area contributed by atoms with Crippen molar-refractivity contribution in [2.45, 2.75) is 37.2 Å². The van der Waals surface area contributed by atoms with Crippen molar-refractivity contribution >= 4 is 10.0 Å². The minimum Gasteiger partial charge on any atom is -0.464 e. The second-order valence-corrected chi connectivity index (χ2v) is 8.81. The molecule has 2 aromatic rings. The number of nitrogens with zero attached hydrogens (tertiary/aromatic N) is 1. The molecular weight excluding hydrogens is 324 g/mol. The summed E-state index contributed by atoms with van der Waals surface area (Å²) >= 11 is 0. The normalized spacial score (nSPS) is 20.5. The van der Waals surface area contributed by atoms with Crippen molar-refractivity contribution in [2.75, 3.05) is 14.1 Å². The molecule has 24 heavy (non-hydrogen) atoms. The van der Waals surface area contributed by atoms with Gasteiger partial charge in [0.2, 0.25) is 10.0 Å². The zero-order valence-electron chi connectivity index (χ0n) is 14.3. The van der Waals surface area contributed by atoms with Crippen LogP contribution in [0.3, 0.4) is 0 Å². The highest BCUT2D eigenvalue weighted by Gasteiger charge is 2.36. The molecule has 1 aliphatic rings. The van der Waals surface area contributed by atoms with Crippen LogP contribution in [-0.2, 0) is 23.1 Å². The van der Waals surface area contributed by atoms with E-state index in [0.29, 0.717) is 23.9 Å². The Labute approximate surface area is 143 Å². The lowest BCUT2D eigenvalue weighted by Crippen LogP contribution is -2.22. The van der Waals surface area contributed by atoms with E-state index in [2.05, 4.69) is 18.3 Å². The first-order chi connectivity index (χ1) is 11.4. The zero-order chi connectivity index (χ0) is 17.3. The fourth-order valence-corrected chi connectivity index (χ4v) is 3.63. The summed E-state index contributed by atoms with van der Waals surface area (Å²) in [5.74, 6) is 3.38. The molecule has 0 aliphatic heterocycles. The summed E-state index contributed by atoms with van der Waals surface area (Å²) in [5.41, 5.74) is 1.04. The minimum atomic E-state index is -3.36. The van der Waals surface area contributed by atoms with Gasteiger partial charge in [-0.1, -0.05) is 19.1 Å². The Balaban J connectivity index is 1.53. The number of sulfonamides is 1. The van der Waals surface area contributed by atoms with Crippen molar-refractivity contribution in [1.82, 2.24) is 9.62 Å². The Hall–Kier alpha value is -1.63. The molecule has 0 amide bonds. The molecule has 1 aliphatic carbocycles. The molecule has 2 atom stereocenters. The molecule has 1 fully saturated rings. The summed E-state index contributed by atoms with van der Waals surface area (Å²) in [6.07, 6.45) is 1.22. The lowest BCUT2D eigenvalue weighted by molar-refractivity contribution is 0.444. The average Bonchev–Trinajstić information content (AvgIpc) is 3.09. The third-order valence-electron chi connectivity index (χ3n) is 4.49. The second-order valence-electron chi connectivity index (χ2n) is 6.66. The van der Waals surface area contributed by atoms with Crippen LogP contribution >= 0.6 is 0 Å².